The fourth-order valence-electron chi connectivity index (χ4n) is 2.97. The molecule has 1 saturated heterocycles. The summed E-state index contributed by atoms with van der Waals surface area (Å²) in [5, 5.41) is 3.25. The Labute approximate surface area is 111 Å². The molecular formula is C15H26N2O. The number of amides is 1. The fourth-order valence-corrected chi connectivity index (χ4v) is 2.97. The Kier molecular flexibility index (Phi) is 5.24. The van der Waals surface area contributed by atoms with Gasteiger partial charge in [0.05, 0.1) is 0 Å². The van der Waals surface area contributed by atoms with E-state index in [0.29, 0.717) is 6.04 Å². The van der Waals surface area contributed by atoms with Crippen molar-refractivity contribution in [2.45, 2.75) is 51.5 Å². The van der Waals surface area contributed by atoms with E-state index >= 15 is 0 Å². The average Bonchev–Trinajstić information content (AvgIpc) is 2.42. The van der Waals surface area contributed by atoms with Gasteiger partial charge in [0.1, 0.15) is 0 Å². The van der Waals surface area contributed by atoms with Crippen molar-refractivity contribution in [3.05, 3.63) is 12.2 Å². The quantitative estimate of drug-likeness (QED) is 0.777. The number of likely N-dealkylation sites (tertiary alicyclic amines) is 1. The van der Waals surface area contributed by atoms with Crippen LogP contribution in [0, 0.1) is 5.92 Å². The van der Waals surface area contributed by atoms with Crippen molar-refractivity contribution in [2.24, 2.45) is 5.92 Å². The molecule has 0 saturated carbocycles. The molecule has 1 heterocycles. The summed E-state index contributed by atoms with van der Waals surface area (Å²) in [5.74, 6) is 0.511. The number of carbonyl (C=O) groups is 1. The van der Waals surface area contributed by atoms with Crippen LogP contribution >= 0.6 is 0 Å². The minimum Gasteiger partial charge on any atom is -0.353 e. The molecule has 2 aliphatic rings. The van der Waals surface area contributed by atoms with Gasteiger partial charge < -0.3 is 10.2 Å². The van der Waals surface area contributed by atoms with E-state index in [0.717, 1.165) is 45.2 Å². The molecule has 1 atom stereocenters. The van der Waals surface area contributed by atoms with Crippen LogP contribution in [0.1, 0.15) is 45.4 Å². The van der Waals surface area contributed by atoms with Crippen LogP contribution in [0.2, 0.25) is 0 Å². The molecule has 3 nitrogen and oxygen atoms in total. The zero-order chi connectivity index (χ0) is 12.8. The fraction of sp³-hybridized carbons (Fsp3) is 0.800. The molecule has 1 N–H and O–H groups in total. The summed E-state index contributed by atoms with van der Waals surface area (Å²) >= 11 is 0. The maximum Gasteiger partial charge on any atom is 0.223 e. The summed E-state index contributed by atoms with van der Waals surface area (Å²) in [6, 6.07) is 0.413. The minimum atomic E-state index is 0.226. The lowest BCUT2D eigenvalue weighted by Crippen LogP contribution is -2.46. The molecule has 1 unspecified atom stereocenters. The number of piperidine rings is 1. The number of nitrogens with one attached hydrogen (secondary N) is 1. The molecule has 1 amide bonds. The van der Waals surface area contributed by atoms with E-state index in [1.807, 2.05) is 0 Å². The summed E-state index contributed by atoms with van der Waals surface area (Å²) in [4.78, 5) is 14.6. The number of carbonyl (C=O) groups excluding carboxylic acids is 1. The van der Waals surface area contributed by atoms with E-state index in [2.05, 4.69) is 29.3 Å². The van der Waals surface area contributed by atoms with Crippen LogP contribution in [0.15, 0.2) is 12.2 Å². The summed E-state index contributed by atoms with van der Waals surface area (Å²) in [5.41, 5.74) is 0. The van der Waals surface area contributed by atoms with E-state index in [-0.39, 0.29) is 11.8 Å². The van der Waals surface area contributed by atoms with E-state index < -0.39 is 0 Å². The Morgan fingerprint density at radius 3 is 2.67 bits per heavy atom. The summed E-state index contributed by atoms with van der Waals surface area (Å²) < 4.78 is 0. The number of allylic oxidation sites excluding steroid dienone is 2. The predicted molar refractivity (Wildman–Crippen MR) is 74.4 cm³/mol. The Morgan fingerprint density at radius 2 is 2.06 bits per heavy atom. The first-order valence-corrected chi connectivity index (χ1v) is 7.47. The topological polar surface area (TPSA) is 32.3 Å². The van der Waals surface area contributed by atoms with Gasteiger partial charge in [0.2, 0.25) is 5.91 Å². The van der Waals surface area contributed by atoms with Crippen molar-refractivity contribution in [3.8, 4) is 0 Å². The van der Waals surface area contributed by atoms with Crippen LogP contribution in [0.3, 0.4) is 0 Å². The smallest absolute Gasteiger partial charge is 0.223 e. The SMILES string of the molecule is CCCN1CCC(NC(=O)C2CC=CCC2)CC1. The van der Waals surface area contributed by atoms with Gasteiger partial charge in [-0.05, 0) is 45.1 Å². The first-order valence-electron chi connectivity index (χ1n) is 7.47. The van der Waals surface area contributed by atoms with Crippen LogP contribution in [-0.4, -0.2) is 36.5 Å². The number of hydrogen-bond acceptors (Lipinski definition) is 2. The van der Waals surface area contributed by atoms with Crippen molar-refractivity contribution in [2.75, 3.05) is 19.6 Å². The van der Waals surface area contributed by atoms with Crippen molar-refractivity contribution >= 4 is 5.91 Å². The van der Waals surface area contributed by atoms with E-state index in [1.165, 1.54) is 13.0 Å². The standard InChI is InChI=1S/C15H26N2O/c1-2-10-17-11-8-14(9-12-17)16-15(18)13-6-4-3-5-7-13/h3-4,13-14H,2,5-12H2,1H3,(H,16,18). The largest absolute Gasteiger partial charge is 0.353 e. The lowest BCUT2D eigenvalue weighted by atomic mass is 9.93. The van der Waals surface area contributed by atoms with Gasteiger partial charge in [-0.1, -0.05) is 19.1 Å². The van der Waals surface area contributed by atoms with Gasteiger partial charge in [0.25, 0.3) is 0 Å². The first-order chi connectivity index (χ1) is 8.79. The molecule has 18 heavy (non-hydrogen) atoms. The third kappa shape index (κ3) is 3.84. The second-order valence-corrected chi connectivity index (χ2v) is 5.61. The third-order valence-corrected chi connectivity index (χ3v) is 4.11. The Bertz CT molecular complexity index is 293. The van der Waals surface area contributed by atoms with Gasteiger partial charge in [-0.3, -0.25) is 4.79 Å². The molecule has 0 spiro atoms. The monoisotopic (exact) mass is 250 g/mol. The molecule has 0 bridgehead atoms. The lowest BCUT2D eigenvalue weighted by Gasteiger charge is -2.33. The summed E-state index contributed by atoms with van der Waals surface area (Å²) in [6.45, 7) is 5.71. The highest BCUT2D eigenvalue weighted by atomic mass is 16.1. The molecule has 2 rings (SSSR count). The normalized spacial score (nSPS) is 26.2. The van der Waals surface area contributed by atoms with Crippen molar-refractivity contribution < 1.29 is 4.79 Å². The van der Waals surface area contributed by atoms with Gasteiger partial charge in [-0.2, -0.15) is 0 Å². The maximum absolute atomic E-state index is 12.1. The Hall–Kier alpha value is -0.830. The second kappa shape index (κ2) is 6.93. The van der Waals surface area contributed by atoms with Crippen LogP contribution in [0.5, 0.6) is 0 Å². The van der Waals surface area contributed by atoms with E-state index in [1.54, 1.807) is 0 Å². The van der Waals surface area contributed by atoms with E-state index in [4.69, 9.17) is 0 Å². The summed E-state index contributed by atoms with van der Waals surface area (Å²) in [7, 11) is 0. The van der Waals surface area contributed by atoms with Gasteiger partial charge in [-0.25, -0.2) is 0 Å². The van der Waals surface area contributed by atoms with Gasteiger partial charge in [0, 0.05) is 25.0 Å². The zero-order valence-corrected chi connectivity index (χ0v) is 11.5. The minimum absolute atomic E-state index is 0.226. The Balaban J connectivity index is 1.70. The van der Waals surface area contributed by atoms with Crippen LogP contribution in [0.4, 0.5) is 0 Å². The first kappa shape index (κ1) is 13.6. The maximum atomic E-state index is 12.1. The molecule has 1 fully saturated rings. The number of hydrogen-bond donors (Lipinski definition) is 1. The van der Waals surface area contributed by atoms with E-state index in [9.17, 15) is 4.79 Å². The van der Waals surface area contributed by atoms with Crippen molar-refractivity contribution in [3.63, 3.8) is 0 Å². The lowest BCUT2D eigenvalue weighted by molar-refractivity contribution is -0.126. The van der Waals surface area contributed by atoms with Gasteiger partial charge >= 0.3 is 0 Å². The third-order valence-electron chi connectivity index (χ3n) is 4.11. The highest BCUT2D eigenvalue weighted by molar-refractivity contribution is 5.79. The zero-order valence-electron chi connectivity index (χ0n) is 11.5. The van der Waals surface area contributed by atoms with Gasteiger partial charge in [0.15, 0.2) is 0 Å². The second-order valence-electron chi connectivity index (χ2n) is 5.61. The molecular weight excluding hydrogens is 224 g/mol. The molecule has 0 aromatic carbocycles. The van der Waals surface area contributed by atoms with Crippen LogP contribution in [-0.2, 0) is 4.79 Å². The Morgan fingerprint density at radius 1 is 1.28 bits per heavy atom. The van der Waals surface area contributed by atoms with Crippen LogP contribution < -0.4 is 5.32 Å². The summed E-state index contributed by atoms with van der Waals surface area (Å²) in [6.07, 6.45) is 10.8. The molecule has 1 aliphatic carbocycles. The number of nitrogens with zero attached hydrogens (tertiary/aromatic N) is 1. The molecule has 0 aromatic heterocycles. The molecule has 102 valence electrons. The molecule has 1 aliphatic heterocycles. The van der Waals surface area contributed by atoms with Gasteiger partial charge in [-0.15, -0.1) is 0 Å². The predicted octanol–water partition coefficient (Wildman–Crippen LogP) is 2.33. The van der Waals surface area contributed by atoms with Crippen molar-refractivity contribution in [1.29, 1.82) is 0 Å². The molecule has 0 radical (unpaired) electrons. The highest BCUT2D eigenvalue weighted by Crippen LogP contribution is 2.19. The average molecular weight is 250 g/mol. The number of rotatable bonds is 4. The molecule has 0 aromatic rings. The van der Waals surface area contributed by atoms with Crippen LogP contribution in [0.25, 0.3) is 0 Å². The molecule has 3 heteroatoms. The highest BCUT2D eigenvalue weighted by Gasteiger charge is 2.24. The van der Waals surface area contributed by atoms with Crippen molar-refractivity contribution in [1.82, 2.24) is 10.2 Å².